The van der Waals surface area contributed by atoms with Crippen LogP contribution in [-0.2, 0) is 6.54 Å². The number of pyridine rings is 1. The summed E-state index contributed by atoms with van der Waals surface area (Å²) in [6.45, 7) is 0.627. The van der Waals surface area contributed by atoms with E-state index in [0.29, 0.717) is 6.54 Å². The molecule has 1 heterocycles. The van der Waals surface area contributed by atoms with Crippen molar-refractivity contribution in [3.8, 4) is 0 Å². The van der Waals surface area contributed by atoms with Gasteiger partial charge in [-0.05, 0) is 30.5 Å². The summed E-state index contributed by atoms with van der Waals surface area (Å²) in [5.74, 6) is 0.719. The van der Waals surface area contributed by atoms with Crippen LogP contribution in [0.1, 0.15) is 36.4 Å². The van der Waals surface area contributed by atoms with Crippen molar-refractivity contribution in [1.29, 1.82) is 0 Å². The molecule has 4 heteroatoms. The van der Waals surface area contributed by atoms with Crippen molar-refractivity contribution in [2.24, 2.45) is 5.73 Å². The molecule has 0 aliphatic heterocycles. The van der Waals surface area contributed by atoms with E-state index in [4.69, 9.17) is 5.73 Å². The highest BCUT2D eigenvalue weighted by atomic mass is 35.5. The van der Waals surface area contributed by atoms with Gasteiger partial charge >= 0.3 is 0 Å². The standard InChI is InChI=1S/C10H14N2.2ClH/c11-7-8-4-5-12-10(6-8)9-2-1-3-9;;/h4-6,9H,1-3,7,11H2;2*1H. The van der Waals surface area contributed by atoms with E-state index < -0.39 is 0 Å². The van der Waals surface area contributed by atoms with Crippen LogP contribution in [0, 0.1) is 0 Å². The minimum Gasteiger partial charge on any atom is -0.326 e. The monoisotopic (exact) mass is 234 g/mol. The van der Waals surface area contributed by atoms with Crippen molar-refractivity contribution in [2.75, 3.05) is 0 Å². The van der Waals surface area contributed by atoms with Crippen molar-refractivity contribution >= 4 is 24.8 Å². The molecule has 0 amide bonds. The maximum Gasteiger partial charge on any atom is 0.0437 e. The van der Waals surface area contributed by atoms with Crippen molar-refractivity contribution in [1.82, 2.24) is 4.98 Å². The van der Waals surface area contributed by atoms with Crippen molar-refractivity contribution in [2.45, 2.75) is 31.7 Å². The average molecular weight is 235 g/mol. The molecule has 14 heavy (non-hydrogen) atoms. The number of nitrogens with two attached hydrogens (primary N) is 1. The zero-order chi connectivity index (χ0) is 8.39. The maximum absolute atomic E-state index is 5.55. The minimum absolute atomic E-state index is 0. The molecule has 1 aromatic rings. The zero-order valence-corrected chi connectivity index (χ0v) is 9.61. The summed E-state index contributed by atoms with van der Waals surface area (Å²) in [5.41, 5.74) is 7.99. The van der Waals surface area contributed by atoms with Gasteiger partial charge in [-0.25, -0.2) is 0 Å². The first-order valence-electron chi connectivity index (χ1n) is 4.55. The molecule has 0 spiro atoms. The third-order valence-corrected chi connectivity index (χ3v) is 2.60. The van der Waals surface area contributed by atoms with E-state index in [-0.39, 0.29) is 24.8 Å². The molecule has 1 saturated carbocycles. The van der Waals surface area contributed by atoms with Gasteiger partial charge in [0.05, 0.1) is 0 Å². The van der Waals surface area contributed by atoms with Gasteiger partial charge < -0.3 is 5.73 Å². The van der Waals surface area contributed by atoms with Gasteiger partial charge in [0.25, 0.3) is 0 Å². The van der Waals surface area contributed by atoms with Crippen LogP contribution in [0.3, 0.4) is 0 Å². The molecule has 2 N–H and O–H groups in total. The number of hydrogen-bond donors (Lipinski definition) is 1. The first kappa shape index (κ1) is 13.7. The quantitative estimate of drug-likeness (QED) is 0.855. The van der Waals surface area contributed by atoms with Crippen LogP contribution >= 0.6 is 24.8 Å². The zero-order valence-electron chi connectivity index (χ0n) is 7.98. The number of halogens is 2. The fraction of sp³-hybridized carbons (Fsp3) is 0.500. The van der Waals surface area contributed by atoms with Gasteiger partial charge in [0, 0.05) is 24.4 Å². The first-order chi connectivity index (χ1) is 5.90. The second-order valence-electron chi connectivity index (χ2n) is 3.42. The molecule has 2 rings (SSSR count). The highest BCUT2D eigenvalue weighted by Crippen LogP contribution is 2.35. The van der Waals surface area contributed by atoms with Crippen LogP contribution in [0.25, 0.3) is 0 Å². The molecular formula is C10H16Cl2N2. The van der Waals surface area contributed by atoms with E-state index >= 15 is 0 Å². The van der Waals surface area contributed by atoms with Crippen LogP contribution < -0.4 is 5.73 Å². The Balaban J connectivity index is 0.000000845. The molecule has 1 aromatic heterocycles. The summed E-state index contributed by atoms with van der Waals surface area (Å²) >= 11 is 0. The fourth-order valence-electron chi connectivity index (χ4n) is 1.55. The van der Waals surface area contributed by atoms with Crippen molar-refractivity contribution in [3.05, 3.63) is 29.6 Å². The molecule has 1 fully saturated rings. The van der Waals surface area contributed by atoms with E-state index in [2.05, 4.69) is 11.1 Å². The van der Waals surface area contributed by atoms with Gasteiger partial charge in [-0.1, -0.05) is 6.42 Å². The number of rotatable bonds is 2. The van der Waals surface area contributed by atoms with Crippen molar-refractivity contribution in [3.63, 3.8) is 0 Å². The van der Waals surface area contributed by atoms with Gasteiger partial charge in [0.2, 0.25) is 0 Å². The van der Waals surface area contributed by atoms with Gasteiger partial charge in [-0.3, -0.25) is 4.98 Å². The molecule has 0 saturated heterocycles. The molecule has 2 nitrogen and oxygen atoms in total. The number of aromatic nitrogens is 1. The molecular weight excluding hydrogens is 219 g/mol. The number of nitrogens with zero attached hydrogens (tertiary/aromatic N) is 1. The Kier molecular flexibility index (Phi) is 6.09. The third kappa shape index (κ3) is 2.84. The van der Waals surface area contributed by atoms with E-state index in [1.54, 1.807) is 0 Å². The summed E-state index contributed by atoms with van der Waals surface area (Å²) in [6.07, 6.45) is 5.84. The van der Waals surface area contributed by atoms with Crippen LogP contribution in [0.15, 0.2) is 18.3 Å². The van der Waals surface area contributed by atoms with Crippen LogP contribution in [0.2, 0.25) is 0 Å². The average Bonchev–Trinajstić information content (AvgIpc) is 2.02. The smallest absolute Gasteiger partial charge is 0.0437 e. The molecule has 0 atom stereocenters. The third-order valence-electron chi connectivity index (χ3n) is 2.60. The van der Waals surface area contributed by atoms with Crippen LogP contribution in [-0.4, -0.2) is 4.98 Å². The Labute approximate surface area is 97.1 Å². The topological polar surface area (TPSA) is 38.9 Å². The number of hydrogen-bond acceptors (Lipinski definition) is 2. The Morgan fingerprint density at radius 1 is 1.36 bits per heavy atom. The molecule has 0 radical (unpaired) electrons. The Hall–Kier alpha value is -0.310. The lowest BCUT2D eigenvalue weighted by molar-refractivity contribution is 0.411. The van der Waals surface area contributed by atoms with Crippen molar-refractivity contribution < 1.29 is 0 Å². The molecule has 80 valence electrons. The highest BCUT2D eigenvalue weighted by Gasteiger charge is 2.20. The first-order valence-corrected chi connectivity index (χ1v) is 4.55. The van der Waals surface area contributed by atoms with Gasteiger partial charge in [-0.2, -0.15) is 0 Å². The molecule has 0 unspecified atom stereocenters. The summed E-state index contributed by atoms with van der Waals surface area (Å²) in [6, 6.07) is 4.13. The lowest BCUT2D eigenvalue weighted by atomic mass is 9.82. The normalized spacial score (nSPS) is 14.9. The van der Waals surface area contributed by atoms with Crippen LogP contribution in [0.5, 0.6) is 0 Å². The highest BCUT2D eigenvalue weighted by molar-refractivity contribution is 5.85. The van der Waals surface area contributed by atoms with E-state index in [1.165, 1.54) is 30.5 Å². The Bertz CT molecular complexity index is 275. The summed E-state index contributed by atoms with van der Waals surface area (Å²) in [4.78, 5) is 4.35. The minimum atomic E-state index is 0. The van der Waals surface area contributed by atoms with E-state index in [0.717, 1.165) is 5.92 Å². The summed E-state index contributed by atoms with van der Waals surface area (Å²) in [7, 11) is 0. The molecule has 0 bridgehead atoms. The van der Waals surface area contributed by atoms with E-state index in [1.807, 2.05) is 12.3 Å². The summed E-state index contributed by atoms with van der Waals surface area (Å²) < 4.78 is 0. The largest absolute Gasteiger partial charge is 0.326 e. The Morgan fingerprint density at radius 3 is 2.57 bits per heavy atom. The van der Waals surface area contributed by atoms with E-state index in [9.17, 15) is 0 Å². The SMILES string of the molecule is Cl.Cl.NCc1ccnc(C2CCC2)c1. The lowest BCUT2D eigenvalue weighted by Crippen LogP contribution is -2.11. The second kappa shape index (κ2) is 6.23. The molecule has 0 aromatic carbocycles. The fourth-order valence-corrected chi connectivity index (χ4v) is 1.55. The molecule has 1 aliphatic rings. The van der Waals surface area contributed by atoms with Crippen LogP contribution in [0.4, 0.5) is 0 Å². The maximum atomic E-state index is 5.55. The summed E-state index contributed by atoms with van der Waals surface area (Å²) in [5, 5.41) is 0. The molecule has 1 aliphatic carbocycles. The van der Waals surface area contributed by atoms with Gasteiger partial charge in [-0.15, -0.1) is 24.8 Å². The second-order valence-corrected chi connectivity index (χ2v) is 3.42. The Morgan fingerprint density at radius 2 is 2.07 bits per heavy atom. The predicted octanol–water partition coefficient (Wildman–Crippen LogP) is 2.65. The van der Waals surface area contributed by atoms with Gasteiger partial charge in [0.1, 0.15) is 0 Å². The van der Waals surface area contributed by atoms with Gasteiger partial charge in [0.15, 0.2) is 0 Å². The lowest BCUT2D eigenvalue weighted by Gasteiger charge is -2.24. The predicted molar refractivity (Wildman–Crippen MR) is 63.2 cm³/mol.